The molecule has 0 saturated carbocycles. The summed E-state index contributed by atoms with van der Waals surface area (Å²) in [6.45, 7) is 7.93. The van der Waals surface area contributed by atoms with E-state index in [0.29, 0.717) is 22.3 Å². The van der Waals surface area contributed by atoms with E-state index in [1.165, 1.54) is 4.90 Å². The first kappa shape index (κ1) is 23.0. The van der Waals surface area contributed by atoms with Crippen LogP contribution in [0.1, 0.15) is 30.5 Å². The number of hydrogen-bond donors (Lipinski definition) is 1. The molecule has 0 aromatic heterocycles. The van der Waals surface area contributed by atoms with E-state index < -0.39 is 6.04 Å². The van der Waals surface area contributed by atoms with E-state index in [0.717, 1.165) is 16.7 Å². The molecular weight excluding hydrogens is 411 g/mol. The lowest BCUT2D eigenvalue weighted by molar-refractivity contribution is -0.142. The molecule has 0 aliphatic carbocycles. The minimum Gasteiger partial charge on any atom is -0.483 e. The molecule has 29 heavy (non-hydrogen) atoms. The number of halogens is 2. The Hall–Kier alpha value is -2.24. The molecule has 2 aromatic carbocycles. The summed E-state index contributed by atoms with van der Waals surface area (Å²) in [6, 6.07) is 10.3. The van der Waals surface area contributed by atoms with Crippen molar-refractivity contribution in [3.05, 3.63) is 63.1 Å². The lowest BCUT2D eigenvalue weighted by atomic mass is 10.1. The first-order valence-corrected chi connectivity index (χ1v) is 10.2. The van der Waals surface area contributed by atoms with Crippen molar-refractivity contribution in [3.8, 4) is 5.75 Å². The maximum Gasteiger partial charge on any atom is 0.261 e. The molecule has 2 amide bonds. The quantitative estimate of drug-likeness (QED) is 0.660. The molecule has 0 spiro atoms. The van der Waals surface area contributed by atoms with Gasteiger partial charge in [0.2, 0.25) is 5.91 Å². The van der Waals surface area contributed by atoms with Gasteiger partial charge in [-0.25, -0.2) is 0 Å². The number of nitrogens with zero attached hydrogens (tertiary/aromatic N) is 1. The highest BCUT2D eigenvalue weighted by atomic mass is 35.5. The molecule has 0 heterocycles. The molecule has 0 radical (unpaired) electrons. The second-order valence-corrected chi connectivity index (χ2v) is 7.71. The van der Waals surface area contributed by atoms with Crippen molar-refractivity contribution in [1.82, 2.24) is 10.2 Å². The van der Waals surface area contributed by atoms with Crippen LogP contribution in [0, 0.1) is 13.8 Å². The molecule has 2 rings (SSSR count). The Labute approximate surface area is 181 Å². The van der Waals surface area contributed by atoms with Crippen molar-refractivity contribution >= 4 is 35.0 Å². The van der Waals surface area contributed by atoms with Gasteiger partial charge in [0.1, 0.15) is 11.8 Å². The summed E-state index contributed by atoms with van der Waals surface area (Å²) in [5.41, 5.74) is 2.76. The van der Waals surface area contributed by atoms with Crippen molar-refractivity contribution in [2.45, 2.75) is 40.3 Å². The maximum absolute atomic E-state index is 13.0. The first-order chi connectivity index (χ1) is 13.7. The highest BCUT2D eigenvalue weighted by Crippen LogP contribution is 2.24. The fourth-order valence-electron chi connectivity index (χ4n) is 2.82. The topological polar surface area (TPSA) is 58.6 Å². The van der Waals surface area contributed by atoms with Gasteiger partial charge in [0.05, 0.1) is 10.0 Å². The smallest absolute Gasteiger partial charge is 0.261 e. The van der Waals surface area contributed by atoms with Gasteiger partial charge in [-0.3, -0.25) is 9.59 Å². The Morgan fingerprint density at radius 2 is 1.83 bits per heavy atom. The van der Waals surface area contributed by atoms with Gasteiger partial charge in [0, 0.05) is 13.1 Å². The van der Waals surface area contributed by atoms with E-state index in [1.54, 1.807) is 25.1 Å². The van der Waals surface area contributed by atoms with Crippen LogP contribution in [-0.2, 0) is 16.1 Å². The van der Waals surface area contributed by atoms with Crippen molar-refractivity contribution in [3.63, 3.8) is 0 Å². The summed E-state index contributed by atoms with van der Waals surface area (Å²) < 4.78 is 5.76. The van der Waals surface area contributed by atoms with Gasteiger partial charge in [0.25, 0.3) is 5.91 Å². The molecule has 0 bridgehead atoms. The molecule has 0 fully saturated rings. The van der Waals surface area contributed by atoms with Gasteiger partial charge in [-0.15, -0.1) is 0 Å². The number of aryl methyl sites for hydroxylation is 2. The SMILES string of the molecule is CCNC(=O)C(C)N(Cc1ccc(Cl)c(Cl)c1)C(=O)COc1cc(C)ccc1C. The Kier molecular flexibility index (Phi) is 8.35. The monoisotopic (exact) mass is 436 g/mol. The van der Waals surface area contributed by atoms with E-state index in [9.17, 15) is 9.59 Å². The summed E-state index contributed by atoms with van der Waals surface area (Å²) in [7, 11) is 0. The molecule has 7 heteroatoms. The predicted octanol–water partition coefficient (Wildman–Crippen LogP) is 4.54. The summed E-state index contributed by atoms with van der Waals surface area (Å²) in [6.07, 6.45) is 0. The zero-order valence-electron chi connectivity index (χ0n) is 17.1. The fraction of sp³-hybridized carbons (Fsp3) is 0.364. The lowest BCUT2D eigenvalue weighted by Gasteiger charge is -2.29. The zero-order valence-corrected chi connectivity index (χ0v) is 18.6. The Bertz CT molecular complexity index is 886. The number of likely N-dealkylation sites (N-methyl/N-ethyl adjacent to an activating group) is 1. The minimum atomic E-state index is -0.667. The van der Waals surface area contributed by atoms with Crippen LogP contribution in [0.2, 0.25) is 10.0 Å². The molecule has 2 aromatic rings. The van der Waals surface area contributed by atoms with Crippen LogP contribution in [0.3, 0.4) is 0 Å². The Morgan fingerprint density at radius 1 is 1.10 bits per heavy atom. The molecular formula is C22H26Cl2N2O3. The normalized spacial score (nSPS) is 11.7. The number of rotatable bonds is 8. The summed E-state index contributed by atoms with van der Waals surface area (Å²) in [5, 5.41) is 3.59. The van der Waals surface area contributed by atoms with Gasteiger partial charge in [0.15, 0.2) is 6.61 Å². The Morgan fingerprint density at radius 3 is 2.48 bits per heavy atom. The molecule has 0 aliphatic rings. The van der Waals surface area contributed by atoms with Crippen molar-refractivity contribution in [2.24, 2.45) is 0 Å². The lowest BCUT2D eigenvalue weighted by Crippen LogP contribution is -2.49. The van der Waals surface area contributed by atoms with Crippen molar-refractivity contribution < 1.29 is 14.3 Å². The number of amides is 2. The summed E-state index contributed by atoms with van der Waals surface area (Å²) >= 11 is 12.1. The van der Waals surface area contributed by atoms with Gasteiger partial charge in [-0.05, 0) is 62.6 Å². The minimum absolute atomic E-state index is 0.171. The van der Waals surface area contributed by atoms with E-state index in [1.807, 2.05) is 39.0 Å². The van der Waals surface area contributed by atoms with Crippen LogP contribution >= 0.6 is 23.2 Å². The second-order valence-electron chi connectivity index (χ2n) is 6.90. The third-order valence-corrected chi connectivity index (χ3v) is 5.29. The third-order valence-electron chi connectivity index (χ3n) is 4.55. The van der Waals surface area contributed by atoms with Crippen LogP contribution in [0.5, 0.6) is 5.75 Å². The summed E-state index contributed by atoms with van der Waals surface area (Å²) in [5.74, 6) is 0.127. The highest BCUT2D eigenvalue weighted by Gasteiger charge is 2.26. The van der Waals surface area contributed by atoms with Crippen molar-refractivity contribution in [1.29, 1.82) is 0 Å². The van der Waals surface area contributed by atoms with Gasteiger partial charge in [-0.2, -0.15) is 0 Å². The number of benzene rings is 2. The van der Waals surface area contributed by atoms with Gasteiger partial charge >= 0.3 is 0 Å². The fourth-order valence-corrected chi connectivity index (χ4v) is 3.15. The van der Waals surface area contributed by atoms with Crippen LogP contribution < -0.4 is 10.1 Å². The van der Waals surface area contributed by atoms with E-state index in [2.05, 4.69) is 5.32 Å². The first-order valence-electron chi connectivity index (χ1n) is 9.44. The number of carbonyl (C=O) groups excluding carboxylic acids is 2. The molecule has 1 unspecified atom stereocenters. The maximum atomic E-state index is 13.0. The average molecular weight is 437 g/mol. The molecule has 1 N–H and O–H groups in total. The number of carbonyl (C=O) groups is 2. The van der Waals surface area contributed by atoms with Crippen LogP contribution in [-0.4, -0.2) is 35.9 Å². The molecule has 0 aliphatic heterocycles. The van der Waals surface area contributed by atoms with Crippen LogP contribution in [0.25, 0.3) is 0 Å². The van der Waals surface area contributed by atoms with Crippen LogP contribution in [0.15, 0.2) is 36.4 Å². The number of ether oxygens (including phenoxy) is 1. The molecule has 156 valence electrons. The third kappa shape index (κ3) is 6.38. The number of nitrogens with one attached hydrogen (secondary N) is 1. The Balaban J connectivity index is 2.20. The average Bonchev–Trinajstić information content (AvgIpc) is 2.68. The standard InChI is InChI=1S/C22H26Cl2N2O3/c1-5-25-22(28)16(4)26(12-17-8-9-18(23)19(24)11-17)21(27)13-29-20-10-14(2)6-7-15(20)3/h6-11,16H,5,12-13H2,1-4H3,(H,25,28). The van der Waals surface area contributed by atoms with E-state index in [4.69, 9.17) is 27.9 Å². The largest absolute Gasteiger partial charge is 0.483 e. The van der Waals surface area contributed by atoms with E-state index in [-0.39, 0.29) is 25.0 Å². The van der Waals surface area contributed by atoms with Gasteiger partial charge < -0.3 is 15.0 Å². The van der Waals surface area contributed by atoms with Crippen LogP contribution in [0.4, 0.5) is 0 Å². The number of hydrogen-bond acceptors (Lipinski definition) is 3. The van der Waals surface area contributed by atoms with E-state index >= 15 is 0 Å². The van der Waals surface area contributed by atoms with Crippen molar-refractivity contribution in [2.75, 3.05) is 13.2 Å². The predicted molar refractivity (Wildman–Crippen MR) is 117 cm³/mol. The van der Waals surface area contributed by atoms with Gasteiger partial charge in [-0.1, -0.05) is 41.4 Å². The molecule has 0 saturated heterocycles. The highest BCUT2D eigenvalue weighted by molar-refractivity contribution is 6.42. The summed E-state index contributed by atoms with van der Waals surface area (Å²) in [4.78, 5) is 26.8. The molecule has 1 atom stereocenters. The second kappa shape index (κ2) is 10.5. The zero-order chi connectivity index (χ0) is 21.6. The molecule has 5 nitrogen and oxygen atoms in total.